The van der Waals surface area contributed by atoms with Crippen LogP contribution in [-0.2, 0) is 27.5 Å². The largest absolute Gasteiger partial charge is 0.487 e. The van der Waals surface area contributed by atoms with Crippen LogP contribution < -0.4 is 31.7 Å². The summed E-state index contributed by atoms with van der Waals surface area (Å²) in [5, 5.41) is 19.9. The van der Waals surface area contributed by atoms with E-state index in [1.54, 1.807) is 47.3 Å². The van der Waals surface area contributed by atoms with Gasteiger partial charge in [-0.1, -0.05) is 44.2 Å². The molecule has 0 aliphatic carbocycles. The van der Waals surface area contributed by atoms with Crippen molar-refractivity contribution < 1.29 is 28.7 Å². The summed E-state index contributed by atoms with van der Waals surface area (Å²) in [6, 6.07) is 13.4. The predicted molar refractivity (Wildman–Crippen MR) is 189 cm³/mol. The minimum atomic E-state index is -0.734. The molecule has 2 aromatic carbocycles. The molecule has 0 fully saturated rings. The molecule has 0 radical (unpaired) electrons. The third kappa shape index (κ3) is 14.3. The van der Waals surface area contributed by atoms with Gasteiger partial charge in [0, 0.05) is 36.7 Å². The molecular formula is C36H52N8O6. The Hall–Kier alpha value is -4.82. The summed E-state index contributed by atoms with van der Waals surface area (Å²) in [6.07, 6.45) is 4.14. The Morgan fingerprint density at radius 2 is 1.60 bits per heavy atom. The Balaban J connectivity index is 1.41. The molecule has 0 aliphatic rings. The number of nitrogens with zero attached hydrogens (tertiary/aromatic N) is 3. The Labute approximate surface area is 294 Å². The molecule has 4 amide bonds. The maximum absolute atomic E-state index is 12.8. The molecule has 0 saturated carbocycles. The molecule has 14 heteroatoms. The number of unbranched alkanes of at least 4 members (excludes halogenated alkanes) is 1. The maximum atomic E-state index is 12.8. The fourth-order valence-corrected chi connectivity index (χ4v) is 5.17. The Kier molecular flexibility index (Phi) is 16.9. The number of nitrogens with one attached hydrogen (secondary N) is 4. The third-order valence-electron chi connectivity index (χ3n) is 7.77. The number of nitrogens with two attached hydrogens (primary N) is 1. The first kappa shape index (κ1) is 39.6. The number of hydrogen-bond acceptors (Lipinski definition) is 9. The zero-order valence-corrected chi connectivity index (χ0v) is 29.6. The lowest BCUT2D eigenvalue weighted by molar-refractivity contribution is -0.130. The minimum absolute atomic E-state index is 0.163. The standard InChI is InChI=1S/C36H52N8O6/c1-25(2)19-26(3)34(46)41-32(33(37)45)13-5-6-14-39-35(47)28-10-7-9-27(20-28)22-44-23-30(42-43-44)24-50-31-12-8-11-29(21-31)36(48)40-16-18-49-17-15-38-4/h7-12,20-21,23,25-26,32,38H,5-6,13-19,22,24H2,1-4H3,(H2,37,45)(H,39,47)(H,40,48)(H,41,46)/t26-,32-/m0/s1. The van der Waals surface area contributed by atoms with Crippen LogP contribution >= 0.6 is 0 Å². The van der Waals surface area contributed by atoms with Crippen molar-refractivity contribution >= 4 is 23.6 Å². The van der Waals surface area contributed by atoms with Crippen LogP contribution in [0, 0.1) is 11.8 Å². The Morgan fingerprint density at radius 3 is 2.32 bits per heavy atom. The quantitative estimate of drug-likeness (QED) is 0.0929. The van der Waals surface area contributed by atoms with Gasteiger partial charge in [0.2, 0.25) is 11.8 Å². The van der Waals surface area contributed by atoms with E-state index in [0.717, 1.165) is 18.5 Å². The number of amides is 4. The van der Waals surface area contributed by atoms with Crippen LogP contribution in [0.15, 0.2) is 54.7 Å². The fourth-order valence-electron chi connectivity index (χ4n) is 5.17. The van der Waals surface area contributed by atoms with Gasteiger partial charge in [0.1, 0.15) is 24.1 Å². The van der Waals surface area contributed by atoms with Gasteiger partial charge in [0.25, 0.3) is 11.8 Å². The predicted octanol–water partition coefficient (Wildman–Crippen LogP) is 2.42. The normalized spacial score (nSPS) is 12.3. The van der Waals surface area contributed by atoms with Gasteiger partial charge < -0.3 is 36.5 Å². The highest BCUT2D eigenvalue weighted by Crippen LogP contribution is 2.16. The van der Waals surface area contributed by atoms with E-state index in [1.165, 1.54) is 0 Å². The molecule has 6 N–H and O–H groups in total. The van der Waals surface area contributed by atoms with Crippen molar-refractivity contribution in [3.05, 3.63) is 77.1 Å². The number of carbonyl (C=O) groups is 4. The van der Waals surface area contributed by atoms with Crippen molar-refractivity contribution in [2.75, 3.05) is 39.9 Å². The van der Waals surface area contributed by atoms with Gasteiger partial charge in [-0.15, -0.1) is 5.10 Å². The van der Waals surface area contributed by atoms with E-state index in [9.17, 15) is 19.2 Å². The zero-order chi connectivity index (χ0) is 36.3. The molecule has 3 aromatic rings. The van der Waals surface area contributed by atoms with E-state index in [2.05, 4.69) is 31.6 Å². The van der Waals surface area contributed by atoms with Crippen molar-refractivity contribution in [3.8, 4) is 5.75 Å². The van der Waals surface area contributed by atoms with Gasteiger partial charge in [0.15, 0.2) is 0 Å². The van der Waals surface area contributed by atoms with Crippen LogP contribution in [0.25, 0.3) is 0 Å². The summed E-state index contributed by atoms with van der Waals surface area (Å²) in [4.78, 5) is 49.6. The summed E-state index contributed by atoms with van der Waals surface area (Å²) < 4.78 is 13.0. The van der Waals surface area contributed by atoms with E-state index in [0.29, 0.717) is 80.6 Å². The molecule has 2 atom stereocenters. The summed E-state index contributed by atoms with van der Waals surface area (Å²) in [7, 11) is 1.85. The summed E-state index contributed by atoms with van der Waals surface area (Å²) in [5.41, 5.74) is 7.99. The van der Waals surface area contributed by atoms with Gasteiger partial charge in [-0.05, 0) is 74.5 Å². The smallest absolute Gasteiger partial charge is 0.251 e. The molecule has 1 heterocycles. The molecular weight excluding hydrogens is 640 g/mol. The van der Waals surface area contributed by atoms with Crippen molar-refractivity contribution in [1.82, 2.24) is 36.3 Å². The molecule has 0 unspecified atom stereocenters. The fraction of sp³-hybridized carbons (Fsp3) is 0.500. The summed E-state index contributed by atoms with van der Waals surface area (Å²) >= 11 is 0. The van der Waals surface area contributed by atoms with Crippen LogP contribution in [-0.4, -0.2) is 84.6 Å². The average molecular weight is 693 g/mol. The van der Waals surface area contributed by atoms with Crippen molar-refractivity contribution in [2.45, 2.75) is 65.6 Å². The number of ether oxygens (including phenoxy) is 2. The highest BCUT2D eigenvalue weighted by molar-refractivity contribution is 5.95. The number of aromatic nitrogens is 3. The monoisotopic (exact) mass is 692 g/mol. The van der Waals surface area contributed by atoms with Crippen LogP contribution in [0.5, 0.6) is 5.75 Å². The number of rotatable bonds is 23. The molecule has 3 rings (SSSR count). The second kappa shape index (κ2) is 21.3. The van der Waals surface area contributed by atoms with E-state index in [-0.39, 0.29) is 30.2 Å². The Morgan fingerprint density at radius 1 is 0.900 bits per heavy atom. The van der Waals surface area contributed by atoms with E-state index in [4.69, 9.17) is 15.2 Å². The number of hydrogen-bond donors (Lipinski definition) is 5. The second-order valence-electron chi connectivity index (χ2n) is 12.6. The molecule has 0 bridgehead atoms. The SMILES string of the molecule is CNCCOCCNC(=O)c1cccc(OCc2cn(Cc3cccc(C(=O)NCCCC[C@H](NC(=O)[C@@H](C)CC(C)C)C(N)=O)c3)nn2)c1. The lowest BCUT2D eigenvalue weighted by atomic mass is 9.97. The molecule has 14 nitrogen and oxygen atoms in total. The maximum Gasteiger partial charge on any atom is 0.251 e. The van der Waals surface area contributed by atoms with Crippen LogP contribution in [0.3, 0.4) is 0 Å². The molecule has 0 spiro atoms. The first-order valence-corrected chi connectivity index (χ1v) is 17.1. The van der Waals surface area contributed by atoms with E-state index in [1.807, 2.05) is 40.0 Å². The first-order chi connectivity index (χ1) is 24.0. The summed E-state index contributed by atoms with van der Waals surface area (Å²) in [6.45, 7) is 9.08. The lowest BCUT2D eigenvalue weighted by Gasteiger charge is -2.19. The minimum Gasteiger partial charge on any atom is -0.487 e. The van der Waals surface area contributed by atoms with E-state index >= 15 is 0 Å². The second-order valence-corrected chi connectivity index (χ2v) is 12.6. The number of likely N-dealkylation sites (N-methyl/N-ethyl adjacent to an activating group) is 1. The van der Waals surface area contributed by atoms with Gasteiger partial charge in [-0.2, -0.15) is 0 Å². The summed E-state index contributed by atoms with van der Waals surface area (Å²) in [5.74, 6) is -0.458. The van der Waals surface area contributed by atoms with Gasteiger partial charge in [-0.3, -0.25) is 19.2 Å². The third-order valence-corrected chi connectivity index (χ3v) is 7.77. The van der Waals surface area contributed by atoms with Crippen molar-refractivity contribution in [2.24, 2.45) is 17.6 Å². The van der Waals surface area contributed by atoms with Crippen molar-refractivity contribution in [3.63, 3.8) is 0 Å². The van der Waals surface area contributed by atoms with Crippen LogP contribution in [0.2, 0.25) is 0 Å². The molecule has 1 aromatic heterocycles. The molecule has 50 heavy (non-hydrogen) atoms. The molecule has 0 aliphatic heterocycles. The molecule has 272 valence electrons. The van der Waals surface area contributed by atoms with Gasteiger partial charge >= 0.3 is 0 Å². The average Bonchev–Trinajstić information content (AvgIpc) is 3.54. The Bertz CT molecular complexity index is 1530. The zero-order valence-electron chi connectivity index (χ0n) is 29.6. The van der Waals surface area contributed by atoms with Crippen LogP contribution in [0.4, 0.5) is 0 Å². The van der Waals surface area contributed by atoms with Gasteiger partial charge in [-0.25, -0.2) is 4.68 Å². The number of primary amides is 1. The van der Waals surface area contributed by atoms with Crippen molar-refractivity contribution in [1.29, 1.82) is 0 Å². The number of benzene rings is 2. The highest BCUT2D eigenvalue weighted by Gasteiger charge is 2.22. The van der Waals surface area contributed by atoms with Crippen LogP contribution in [0.1, 0.15) is 78.4 Å². The molecule has 0 saturated heterocycles. The number of carbonyl (C=O) groups excluding carboxylic acids is 4. The first-order valence-electron chi connectivity index (χ1n) is 17.1. The topological polar surface area (TPSA) is 192 Å². The van der Waals surface area contributed by atoms with E-state index < -0.39 is 11.9 Å². The highest BCUT2D eigenvalue weighted by atomic mass is 16.5. The lowest BCUT2D eigenvalue weighted by Crippen LogP contribution is -2.46. The van der Waals surface area contributed by atoms with Gasteiger partial charge in [0.05, 0.1) is 26.0 Å².